The van der Waals surface area contributed by atoms with Crippen LogP contribution in [-0.2, 0) is 23.8 Å². The molecule has 5 nitrogen and oxygen atoms in total. The van der Waals surface area contributed by atoms with Crippen molar-refractivity contribution in [2.75, 3.05) is 12.9 Å². The maximum absolute atomic E-state index is 10.9. The fourth-order valence-corrected chi connectivity index (χ4v) is 1.52. The van der Waals surface area contributed by atoms with Gasteiger partial charge in [0.15, 0.2) is 0 Å². The summed E-state index contributed by atoms with van der Waals surface area (Å²) in [5.74, 6) is -0.449. The maximum Gasteiger partial charge on any atom is 0.309 e. The molecule has 0 saturated carbocycles. The van der Waals surface area contributed by atoms with Crippen LogP contribution < -0.4 is 0 Å². The first-order valence-corrected chi connectivity index (χ1v) is 5.75. The highest BCUT2D eigenvalue weighted by Gasteiger charge is 2.31. The maximum atomic E-state index is 10.9. The molecule has 0 aromatic rings. The first-order chi connectivity index (χ1) is 5.88. The minimum absolute atomic E-state index is 0.0745. The highest BCUT2D eigenvalue weighted by molar-refractivity contribution is 7.85. The predicted molar refractivity (Wildman–Crippen MR) is 44.5 cm³/mol. The molecular formula is C7H12O5S. The smallest absolute Gasteiger partial charge is 0.309 e. The highest BCUT2D eigenvalue weighted by atomic mass is 32.2. The summed E-state index contributed by atoms with van der Waals surface area (Å²) in [6, 6.07) is 0. The second-order valence-electron chi connectivity index (χ2n) is 3.18. The fourth-order valence-electron chi connectivity index (χ4n) is 1.12. The van der Waals surface area contributed by atoms with Crippen LogP contribution in [0.2, 0.25) is 0 Å². The second kappa shape index (κ2) is 3.63. The van der Waals surface area contributed by atoms with E-state index in [0.717, 1.165) is 6.26 Å². The third-order valence-corrected chi connectivity index (χ3v) is 2.33. The van der Waals surface area contributed by atoms with Gasteiger partial charge >= 0.3 is 5.97 Å². The first-order valence-electron chi connectivity index (χ1n) is 3.93. The van der Waals surface area contributed by atoms with E-state index in [0.29, 0.717) is 6.42 Å². The van der Waals surface area contributed by atoms with E-state index in [1.165, 1.54) is 0 Å². The fraction of sp³-hybridized carbons (Fsp3) is 0.857. The lowest BCUT2D eigenvalue weighted by Crippen LogP contribution is -2.17. The third kappa shape index (κ3) is 3.31. The van der Waals surface area contributed by atoms with Gasteiger partial charge < -0.3 is 4.74 Å². The van der Waals surface area contributed by atoms with Crippen LogP contribution in [0.1, 0.15) is 13.3 Å². The highest BCUT2D eigenvalue weighted by Crippen LogP contribution is 2.20. The number of esters is 1. The van der Waals surface area contributed by atoms with Crippen LogP contribution in [0.25, 0.3) is 0 Å². The molecule has 1 fully saturated rings. The lowest BCUT2D eigenvalue weighted by Gasteiger charge is -2.07. The van der Waals surface area contributed by atoms with Gasteiger partial charge in [-0.15, -0.1) is 0 Å². The molecule has 1 heterocycles. The molecule has 1 aliphatic rings. The summed E-state index contributed by atoms with van der Waals surface area (Å²) < 4.78 is 30.5. The molecule has 1 rings (SSSR count). The Bertz CT molecular complexity index is 294. The molecule has 2 atom stereocenters. The number of ether oxygens (including phenoxy) is 1. The van der Waals surface area contributed by atoms with Crippen LogP contribution in [0.5, 0.6) is 0 Å². The SMILES string of the molecule is C[C@@H]1C[C@@H](COS(C)(=O)=O)OC1=O. The second-order valence-corrected chi connectivity index (χ2v) is 4.83. The normalized spacial score (nSPS) is 28.9. The van der Waals surface area contributed by atoms with Gasteiger partial charge in [-0.25, -0.2) is 0 Å². The van der Waals surface area contributed by atoms with Crippen molar-refractivity contribution in [3.8, 4) is 0 Å². The number of rotatable bonds is 3. The molecule has 1 saturated heterocycles. The summed E-state index contributed by atoms with van der Waals surface area (Å²) in [7, 11) is -3.44. The monoisotopic (exact) mass is 208 g/mol. The zero-order valence-corrected chi connectivity index (χ0v) is 8.33. The third-order valence-electron chi connectivity index (χ3n) is 1.77. The van der Waals surface area contributed by atoms with Gasteiger partial charge in [0.2, 0.25) is 0 Å². The standard InChI is InChI=1S/C7H12O5S/c1-5-3-6(12-7(5)8)4-11-13(2,9)10/h5-6H,3-4H2,1-2H3/t5-,6+/m1/s1. The molecule has 0 unspecified atom stereocenters. The molecule has 6 heteroatoms. The van der Waals surface area contributed by atoms with E-state index >= 15 is 0 Å². The van der Waals surface area contributed by atoms with E-state index in [1.807, 2.05) is 0 Å². The lowest BCUT2D eigenvalue weighted by atomic mass is 10.1. The molecular weight excluding hydrogens is 196 g/mol. The lowest BCUT2D eigenvalue weighted by molar-refractivity contribution is -0.144. The van der Waals surface area contributed by atoms with Crippen molar-refractivity contribution in [1.82, 2.24) is 0 Å². The van der Waals surface area contributed by atoms with Gasteiger partial charge in [0.25, 0.3) is 10.1 Å². The Morgan fingerprint density at radius 1 is 1.62 bits per heavy atom. The molecule has 0 N–H and O–H groups in total. The Kier molecular flexibility index (Phi) is 2.92. The Morgan fingerprint density at radius 3 is 2.62 bits per heavy atom. The Balaban J connectivity index is 2.37. The first kappa shape index (κ1) is 10.5. The topological polar surface area (TPSA) is 69.7 Å². The van der Waals surface area contributed by atoms with E-state index in [2.05, 4.69) is 4.18 Å². The largest absolute Gasteiger partial charge is 0.460 e. The van der Waals surface area contributed by atoms with Crippen molar-refractivity contribution >= 4 is 16.1 Å². The van der Waals surface area contributed by atoms with Crippen molar-refractivity contribution in [2.24, 2.45) is 5.92 Å². The average molecular weight is 208 g/mol. The summed E-state index contributed by atoms with van der Waals surface area (Å²) in [6.45, 7) is 1.66. The Hall–Kier alpha value is -0.620. The molecule has 1 aliphatic heterocycles. The average Bonchev–Trinajstić information content (AvgIpc) is 2.27. The minimum atomic E-state index is -3.44. The van der Waals surface area contributed by atoms with Crippen LogP contribution >= 0.6 is 0 Å². The van der Waals surface area contributed by atoms with E-state index in [9.17, 15) is 13.2 Å². The number of cyclic esters (lactones) is 1. The van der Waals surface area contributed by atoms with Crippen LogP contribution in [0.3, 0.4) is 0 Å². The number of carbonyl (C=O) groups excluding carboxylic acids is 1. The van der Waals surface area contributed by atoms with E-state index < -0.39 is 16.2 Å². The van der Waals surface area contributed by atoms with Crippen LogP contribution in [0.4, 0.5) is 0 Å². The molecule has 0 aromatic heterocycles. The van der Waals surface area contributed by atoms with Gasteiger partial charge in [0.1, 0.15) is 12.7 Å². The molecule has 76 valence electrons. The zero-order chi connectivity index (χ0) is 10.1. The van der Waals surface area contributed by atoms with E-state index in [-0.39, 0.29) is 18.5 Å². The number of hydrogen-bond donors (Lipinski definition) is 0. The van der Waals surface area contributed by atoms with Crippen LogP contribution in [0, 0.1) is 5.92 Å². The van der Waals surface area contributed by atoms with Crippen molar-refractivity contribution in [2.45, 2.75) is 19.4 Å². The van der Waals surface area contributed by atoms with Gasteiger partial charge in [0, 0.05) is 0 Å². The van der Waals surface area contributed by atoms with Crippen molar-refractivity contribution < 1.29 is 22.1 Å². The van der Waals surface area contributed by atoms with Crippen molar-refractivity contribution in [3.63, 3.8) is 0 Å². The van der Waals surface area contributed by atoms with Gasteiger partial charge in [-0.2, -0.15) is 8.42 Å². The molecule has 0 bridgehead atoms. The number of carbonyl (C=O) groups is 1. The summed E-state index contributed by atoms with van der Waals surface area (Å²) in [5.41, 5.74) is 0. The van der Waals surface area contributed by atoms with Gasteiger partial charge in [-0.05, 0) is 6.42 Å². The van der Waals surface area contributed by atoms with Gasteiger partial charge in [0.05, 0.1) is 12.2 Å². The van der Waals surface area contributed by atoms with Crippen molar-refractivity contribution in [1.29, 1.82) is 0 Å². The summed E-state index contributed by atoms with van der Waals surface area (Å²) in [6.07, 6.45) is 1.07. The summed E-state index contributed by atoms with van der Waals surface area (Å²) in [4.78, 5) is 10.9. The quantitative estimate of drug-likeness (QED) is 0.479. The molecule has 13 heavy (non-hydrogen) atoms. The molecule has 0 spiro atoms. The number of hydrogen-bond acceptors (Lipinski definition) is 5. The van der Waals surface area contributed by atoms with Crippen LogP contribution in [0.15, 0.2) is 0 Å². The molecule has 0 amide bonds. The summed E-state index contributed by atoms with van der Waals surface area (Å²) >= 11 is 0. The molecule has 0 aliphatic carbocycles. The Labute approximate surface area is 77.1 Å². The zero-order valence-electron chi connectivity index (χ0n) is 7.52. The summed E-state index contributed by atoms with van der Waals surface area (Å²) in [5, 5.41) is 0. The van der Waals surface area contributed by atoms with Gasteiger partial charge in [-0.1, -0.05) is 6.92 Å². The Morgan fingerprint density at radius 2 is 2.23 bits per heavy atom. The van der Waals surface area contributed by atoms with Crippen molar-refractivity contribution in [3.05, 3.63) is 0 Å². The predicted octanol–water partition coefficient (Wildman–Crippen LogP) is -0.0858. The van der Waals surface area contributed by atoms with Crippen LogP contribution in [-0.4, -0.2) is 33.4 Å². The van der Waals surface area contributed by atoms with Gasteiger partial charge in [-0.3, -0.25) is 8.98 Å². The van der Waals surface area contributed by atoms with E-state index in [4.69, 9.17) is 4.74 Å². The minimum Gasteiger partial charge on any atom is -0.460 e. The molecule has 0 radical (unpaired) electrons. The van der Waals surface area contributed by atoms with E-state index in [1.54, 1.807) is 6.92 Å². The molecule has 0 aromatic carbocycles.